The quantitative estimate of drug-likeness (QED) is 0.755. The molecule has 0 aliphatic heterocycles. The van der Waals surface area contributed by atoms with Gasteiger partial charge < -0.3 is 16.8 Å². The minimum absolute atomic E-state index is 0.639. The van der Waals surface area contributed by atoms with Gasteiger partial charge in [-0.2, -0.15) is 0 Å². The predicted octanol–water partition coefficient (Wildman–Crippen LogP) is 1.34. The molecule has 0 bridgehead atoms. The molecule has 0 aliphatic carbocycles. The third-order valence-electron chi connectivity index (χ3n) is 0.574. The van der Waals surface area contributed by atoms with E-state index in [0.717, 1.165) is 13.1 Å². The van der Waals surface area contributed by atoms with Gasteiger partial charge in [0.05, 0.1) is 0 Å². The summed E-state index contributed by atoms with van der Waals surface area (Å²) in [5, 5.41) is 3.96. The van der Waals surface area contributed by atoms with E-state index in [-0.39, 0.29) is 0 Å². The molecule has 0 saturated heterocycles. The maximum absolute atomic E-state index is 5.13. The van der Waals surface area contributed by atoms with Crippen LogP contribution in [0.3, 0.4) is 0 Å². The molecule has 4 N–H and O–H groups in total. The van der Waals surface area contributed by atoms with Crippen molar-refractivity contribution in [3.63, 3.8) is 0 Å². The number of nitrogens with two attached hydrogens (primary N) is 2. The van der Waals surface area contributed by atoms with Crippen LogP contribution >= 0.6 is 30.4 Å². The predicted molar refractivity (Wildman–Crippen MR) is 48.8 cm³/mol. The topological polar surface area (TPSA) is 66.1 Å². The van der Waals surface area contributed by atoms with E-state index in [1.807, 2.05) is 0 Å². The number of rotatable bonds is 4. The number of hydrogen-bond acceptors (Lipinski definition) is 2. The molecule has 0 fully saturated rings. The number of halogens is 3. The van der Waals surface area contributed by atoms with Crippen LogP contribution in [0.5, 0.6) is 0 Å². The number of hydrogen-bond donors (Lipinski definition) is 2. The van der Waals surface area contributed by atoms with E-state index < -0.39 is 10.9 Å². The van der Waals surface area contributed by atoms with Crippen LogP contribution in [0.2, 0.25) is 0 Å². The molecular weight excluding hydrogens is 255 g/mol. The van der Waals surface area contributed by atoms with Crippen molar-refractivity contribution in [2.75, 3.05) is 26.2 Å². The van der Waals surface area contributed by atoms with Crippen molar-refractivity contribution >= 4 is 30.4 Å². The monoisotopic (exact) mass is 266 g/mol. The van der Waals surface area contributed by atoms with Gasteiger partial charge in [0.15, 0.2) is 0 Å². The van der Waals surface area contributed by atoms with Crippen molar-refractivity contribution in [1.82, 2.24) is 0 Å². The van der Waals surface area contributed by atoms with Gasteiger partial charge in [0.2, 0.25) is 0 Å². The molecule has 0 spiro atoms. The molecule has 0 aromatic rings. The van der Waals surface area contributed by atoms with Crippen molar-refractivity contribution in [1.29, 1.82) is 0 Å². The molecule has 3 nitrogen and oxygen atoms in total. The van der Waals surface area contributed by atoms with E-state index in [2.05, 4.69) is 5.32 Å². The van der Waals surface area contributed by atoms with Crippen molar-refractivity contribution < 1.29 is 10.9 Å². The van der Waals surface area contributed by atoms with E-state index >= 15 is 0 Å². The first-order valence-electron chi connectivity index (χ1n) is 2.83. The van der Waals surface area contributed by atoms with Gasteiger partial charge in [-0.25, -0.2) is 0 Å². The van der Waals surface area contributed by atoms with Crippen LogP contribution in [-0.2, 0) is 10.9 Å². The molecule has 0 radical (unpaired) electrons. The average molecular weight is 267 g/mol. The molecule has 11 heavy (non-hydrogen) atoms. The van der Waals surface area contributed by atoms with Crippen LogP contribution in [0.4, 0.5) is 0 Å². The van der Waals surface area contributed by atoms with E-state index in [9.17, 15) is 0 Å². The molecule has 0 aliphatic rings. The fourth-order valence-electron chi connectivity index (χ4n) is 0.294. The third kappa shape index (κ3) is 34.9. The van der Waals surface area contributed by atoms with Crippen molar-refractivity contribution in [2.45, 2.75) is 0 Å². The first-order valence-corrected chi connectivity index (χ1v) is 7.12. The van der Waals surface area contributed by atoms with Crippen molar-refractivity contribution in [2.24, 2.45) is 11.5 Å². The van der Waals surface area contributed by atoms with Gasteiger partial charge in [-0.15, -0.1) is 13.1 Å². The Morgan fingerprint density at radius 3 is 1.45 bits per heavy atom. The zero-order valence-corrected chi connectivity index (χ0v) is 9.21. The van der Waals surface area contributed by atoms with E-state index in [4.69, 9.17) is 41.9 Å². The van der Waals surface area contributed by atoms with Gasteiger partial charge in [0, 0.05) is 0 Å². The van der Waals surface area contributed by atoms with Gasteiger partial charge in [-0.3, -0.25) is 0 Å². The molecule has 0 aromatic heterocycles. The summed E-state index contributed by atoms with van der Waals surface area (Å²) >= 11 is 0. The molecule has 0 amide bonds. The maximum atomic E-state index is 5.13. The summed E-state index contributed by atoms with van der Waals surface area (Å²) in [5.41, 5.74) is 10.3. The molecule has 0 aromatic carbocycles. The summed E-state index contributed by atoms with van der Waals surface area (Å²) in [6.07, 6.45) is 0. The number of nitrogens with zero attached hydrogens (tertiary/aromatic N) is 1. The van der Waals surface area contributed by atoms with Gasteiger partial charge in [0.1, 0.15) is 0 Å². The Morgan fingerprint density at radius 1 is 1.00 bits per heavy atom. The Morgan fingerprint density at radius 2 is 1.27 bits per heavy atom. The Bertz CT molecular complexity index is 59.8. The third-order valence-corrected chi connectivity index (χ3v) is 0.574. The molecule has 0 unspecified atom stereocenters. The van der Waals surface area contributed by atoms with Gasteiger partial charge >= 0.3 is 41.4 Å². The Hall–Kier alpha value is 1.26. The molecule has 7 heteroatoms. The Balaban J connectivity index is 0. The summed E-state index contributed by atoms with van der Waals surface area (Å²) < 4.78 is 0. The van der Waals surface area contributed by atoms with Crippen LogP contribution in [0.15, 0.2) is 0 Å². The zero-order chi connectivity index (χ0) is 9.11. The van der Waals surface area contributed by atoms with Crippen molar-refractivity contribution in [3.8, 4) is 0 Å². The summed E-state index contributed by atoms with van der Waals surface area (Å²) in [5.74, 6) is 0. The first-order chi connectivity index (χ1) is 5.15. The van der Waals surface area contributed by atoms with E-state index in [1.165, 1.54) is 0 Å². The second-order valence-electron chi connectivity index (χ2n) is 1.39. The first kappa shape index (κ1) is 14.8. The second-order valence-corrected chi connectivity index (χ2v) is 6.55. The SMILES string of the molecule is NCC[N-]CCN.[Cl][Co]([Cl])[Cl]. The van der Waals surface area contributed by atoms with Gasteiger partial charge in [-0.1, -0.05) is 0 Å². The van der Waals surface area contributed by atoms with Gasteiger partial charge in [-0.05, 0) is 13.1 Å². The normalized spacial score (nSPS) is 10.1. The standard InChI is InChI=1S/C4H12N3.3ClH.Co/c5-1-3-7-4-2-6;;;;/h1-6H2;3*1H;/q-1;;;;+3/p-3. The zero-order valence-electron chi connectivity index (χ0n) is 5.90. The molecule has 0 saturated carbocycles. The molecular formula is C4H12Cl3CoN3-. The Kier molecular flexibility index (Phi) is 18.5. The summed E-state index contributed by atoms with van der Waals surface area (Å²) in [7, 11) is 13.4. The summed E-state index contributed by atoms with van der Waals surface area (Å²) in [4.78, 5) is 0. The summed E-state index contributed by atoms with van der Waals surface area (Å²) in [6, 6.07) is 0. The van der Waals surface area contributed by atoms with Crippen LogP contribution in [0.1, 0.15) is 0 Å². The summed E-state index contributed by atoms with van der Waals surface area (Å²) in [6.45, 7) is 2.77. The minimum atomic E-state index is -1.19. The fourth-order valence-corrected chi connectivity index (χ4v) is 0.294. The van der Waals surface area contributed by atoms with E-state index in [0.29, 0.717) is 13.1 Å². The van der Waals surface area contributed by atoms with Crippen LogP contribution < -0.4 is 11.5 Å². The molecule has 0 atom stereocenters. The molecule has 0 heterocycles. The second kappa shape index (κ2) is 13.8. The fraction of sp³-hybridized carbons (Fsp3) is 1.00. The molecule has 74 valence electrons. The van der Waals surface area contributed by atoms with Crippen LogP contribution in [0, 0.1) is 0 Å². The van der Waals surface area contributed by atoms with Crippen LogP contribution in [-0.4, -0.2) is 26.2 Å². The average Bonchev–Trinajstić information content (AvgIpc) is 1.88. The van der Waals surface area contributed by atoms with Crippen LogP contribution in [0.25, 0.3) is 5.32 Å². The van der Waals surface area contributed by atoms with Gasteiger partial charge in [0.25, 0.3) is 0 Å². The van der Waals surface area contributed by atoms with E-state index in [1.54, 1.807) is 0 Å². The Labute approximate surface area is 84.2 Å². The van der Waals surface area contributed by atoms with Crippen molar-refractivity contribution in [3.05, 3.63) is 5.32 Å². The molecule has 0 rings (SSSR count).